The van der Waals surface area contributed by atoms with Crippen LogP contribution in [0.4, 0.5) is 5.69 Å². The summed E-state index contributed by atoms with van der Waals surface area (Å²) in [5.41, 5.74) is 9.81. The Labute approximate surface area is 239 Å². The number of Topliss-reactive ketones (excluding diaryl/α,β-unsaturated/α-hetero) is 1. The fourth-order valence-corrected chi connectivity index (χ4v) is 4.90. The molecule has 41 heavy (non-hydrogen) atoms. The van der Waals surface area contributed by atoms with Crippen LogP contribution >= 0.6 is 0 Å². The lowest BCUT2D eigenvalue weighted by atomic mass is 9.92. The number of nitrogens with zero attached hydrogens (tertiary/aromatic N) is 2. The van der Waals surface area contributed by atoms with Crippen molar-refractivity contribution in [3.63, 3.8) is 0 Å². The Morgan fingerprint density at radius 1 is 1.00 bits per heavy atom. The van der Waals surface area contributed by atoms with Gasteiger partial charge in [0, 0.05) is 37.1 Å². The van der Waals surface area contributed by atoms with Crippen LogP contribution in [0.5, 0.6) is 0 Å². The molecule has 1 heterocycles. The van der Waals surface area contributed by atoms with E-state index in [1.807, 2.05) is 36.4 Å². The van der Waals surface area contributed by atoms with Crippen molar-refractivity contribution in [2.24, 2.45) is 5.73 Å². The summed E-state index contributed by atoms with van der Waals surface area (Å²) in [6.07, 6.45) is 0.438. The highest BCUT2D eigenvalue weighted by molar-refractivity contribution is 6.00. The van der Waals surface area contributed by atoms with Crippen LogP contribution < -0.4 is 16.4 Å². The number of hydrogen-bond acceptors (Lipinski definition) is 6. The fourth-order valence-electron chi connectivity index (χ4n) is 4.90. The third-order valence-corrected chi connectivity index (χ3v) is 7.25. The van der Waals surface area contributed by atoms with Gasteiger partial charge in [0.1, 0.15) is 12.1 Å². The minimum atomic E-state index is -0.952. The lowest BCUT2D eigenvalue weighted by Gasteiger charge is -2.36. The van der Waals surface area contributed by atoms with Crippen molar-refractivity contribution >= 4 is 29.2 Å². The number of amides is 3. The molecule has 0 radical (unpaired) electrons. The molecule has 0 saturated carbocycles. The van der Waals surface area contributed by atoms with E-state index in [9.17, 15) is 24.4 Å². The number of carbonyl (C=O) groups is 4. The molecule has 3 amide bonds. The molecule has 0 fully saturated rings. The van der Waals surface area contributed by atoms with Gasteiger partial charge in [-0.1, -0.05) is 60.7 Å². The molecular formula is C32H33N5O4. The maximum Gasteiger partial charge on any atom is 0.247 e. The smallest absolute Gasteiger partial charge is 0.247 e. The molecule has 9 heteroatoms. The van der Waals surface area contributed by atoms with E-state index in [1.165, 1.54) is 4.90 Å². The Morgan fingerprint density at radius 2 is 1.71 bits per heavy atom. The molecule has 3 aromatic rings. The second-order valence-corrected chi connectivity index (χ2v) is 10.1. The predicted molar refractivity (Wildman–Crippen MR) is 155 cm³/mol. The van der Waals surface area contributed by atoms with Crippen LogP contribution in [0.3, 0.4) is 0 Å². The van der Waals surface area contributed by atoms with Gasteiger partial charge < -0.3 is 21.3 Å². The van der Waals surface area contributed by atoms with E-state index in [0.29, 0.717) is 16.8 Å². The maximum atomic E-state index is 13.7. The van der Waals surface area contributed by atoms with E-state index >= 15 is 0 Å². The molecular weight excluding hydrogens is 518 g/mol. The molecule has 1 aliphatic rings. The van der Waals surface area contributed by atoms with Gasteiger partial charge >= 0.3 is 0 Å². The molecule has 3 aromatic carbocycles. The van der Waals surface area contributed by atoms with Gasteiger partial charge in [-0.15, -0.1) is 0 Å². The van der Waals surface area contributed by atoms with Crippen LogP contribution in [0.15, 0.2) is 72.8 Å². The molecule has 0 bridgehead atoms. The summed E-state index contributed by atoms with van der Waals surface area (Å²) < 4.78 is 0. The number of nitrogens with one attached hydrogen (secondary N) is 2. The highest BCUT2D eigenvalue weighted by Crippen LogP contribution is 2.25. The SMILES string of the molecule is Cc1ccc(C#N)cc1NC(=O)[C@H](CCN)NC(=O)[C@@H]1Cc2ccccc2CN1C(=O)CCC(=O)c1ccccc1. The Bertz CT molecular complexity index is 1480. The summed E-state index contributed by atoms with van der Waals surface area (Å²) in [5.74, 6) is -1.40. The number of nitriles is 1. The minimum absolute atomic E-state index is 0.0225. The van der Waals surface area contributed by atoms with Crippen molar-refractivity contribution in [2.45, 2.75) is 51.2 Å². The summed E-state index contributed by atoms with van der Waals surface area (Å²) in [6, 6.07) is 21.6. The number of anilines is 1. The molecule has 4 rings (SSSR count). The van der Waals surface area contributed by atoms with Crippen LogP contribution in [-0.2, 0) is 27.3 Å². The molecule has 210 valence electrons. The minimum Gasteiger partial charge on any atom is -0.342 e. The normalized spacial score (nSPS) is 14.8. The van der Waals surface area contributed by atoms with Gasteiger partial charge in [-0.05, 0) is 48.7 Å². The number of nitrogens with two attached hydrogens (primary N) is 1. The lowest BCUT2D eigenvalue weighted by molar-refractivity contribution is -0.142. The van der Waals surface area contributed by atoms with Crippen LogP contribution in [0.2, 0.25) is 0 Å². The number of benzene rings is 3. The quantitative estimate of drug-likeness (QED) is 0.330. The molecule has 9 nitrogen and oxygen atoms in total. The molecule has 0 unspecified atom stereocenters. The fraction of sp³-hybridized carbons (Fsp3) is 0.281. The zero-order chi connectivity index (χ0) is 29.4. The Hall–Kier alpha value is -4.81. The monoisotopic (exact) mass is 551 g/mol. The average Bonchev–Trinajstić information content (AvgIpc) is 3.00. The lowest BCUT2D eigenvalue weighted by Crippen LogP contribution is -2.56. The van der Waals surface area contributed by atoms with Gasteiger partial charge in [0.05, 0.1) is 11.6 Å². The Balaban J connectivity index is 1.50. The van der Waals surface area contributed by atoms with Crippen LogP contribution in [-0.4, -0.2) is 47.0 Å². The Morgan fingerprint density at radius 3 is 2.41 bits per heavy atom. The maximum absolute atomic E-state index is 13.7. The molecule has 0 saturated heterocycles. The van der Waals surface area contributed by atoms with Crippen LogP contribution in [0.1, 0.15) is 51.9 Å². The van der Waals surface area contributed by atoms with E-state index in [2.05, 4.69) is 10.6 Å². The molecule has 0 aromatic heterocycles. The third kappa shape index (κ3) is 7.24. The topological polar surface area (TPSA) is 145 Å². The first-order chi connectivity index (χ1) is 19.8. The van der Waals surface area contributed by atoms with Gasteiger partial charge in [-0.2, -0.15) is 5.26 Å². The molecule has 0 aliphatic carbocycles. The number of ketones is 1. The van der Waals surface area contributed by atoms with Crippen molar-refractivity contribution in [1.29, 1.82) is 5.26 Å². The van der Waals surface area contributed by atoms with E-state index in [0.717, 1.165) is 16.7 Å². The number of aryl methyl sites for hydroxylation is 1. The summed E-state index contributed by atoms with van der Waals surface area (Å²) in [4.78, 5) is 54.4. The van der Waals surface area contributed by atoms with E-state index in [1.54, 1.807) is 49.4 Å². The second-order valence-electron chi connectivity index (χ2n) is 10.1. The highest BCUT2D eigenvalue weighted by Gasteiger charge is 2.36. The average molecular weight is 552 g/mol. The first kappa shape index (κ1) is 29.2. The van der Waals surface area contributed by atoms with Crippen LogP contribution in [0.25, 0.3) is 0 Å². The molecule has 2 atom stereocenters. The number of fused-ring (bicyclic) bond motifs is 1. The van der Waals surface area contributed by atoms with Gasteiger partial charge in [0.2, 0.25) is 17.7 Å². The van der Waals surface area contributed by atoms with Crippen molar-refractivity contribution < 1.29 is 19.2 Å². The van der Waals surface area contributed by atoms with E-state index < -0.39 is 23.9 Å². The second kappa shape index (κ2) is 13.5. The van der Waals surface area contributed by atoms with Gasteiger partial charge in [-0.3, -0.25) is 19.2 Å². The standard InChI is InChI=1S/C32H33N5O4/c1-21-11-12-22(19-34)17-27(21)36-31(40)26(15-16-33)35-32(41)28-18-24-9-5-6-10-25(24)20-37(28)30(39)14-13-29(38)23-7-3-2-4-8-23/h2-12,17,26,28H,13-16,18,20,33H2,1H3,(H,35,41)(H,36,40)/t26-,28-/m0/s1. The first-order valence-electron chi connectivity index (χ1n) is 13.6. The number of carbonyl (C=O) groups excluding carboxylic acids is 4. The van der Waals surface area contributed by atoms with E-state index in [-0.39, 0.29) is 50.5 Å². The molecule has 4 N–H and O–H groups in total. The van der Waals surface area contributed by atoms with Crippen molar-refractivity contribution in [2.75, 3.05) is 11.9 Å². The van der Waals surface area contributed by atoms with Crippen LogP contribution in [0, 0.1) is 18.3 Å². The summed E-state index contributed by atoms with van der Waals surface area (Å²) >= 11 is 0. The summed E-state index contributed by atoms with van der Waals surface area (Å²) in [5, 5.41) is 14.8. The Kier molecular flexibility index (Phi) is 9.61. The zero-order valence-electron chi connectivity index (χ0n) is 22.9. The zero-order valence-corrected chi connectivity index (χ0v) is 22.9. The van der Waals surface area contributed by atoms with Crippen molar-refractivity contribution in [3.8, 4) is 6.07 Å². The summed E-state index contributed by atoms with van der Waals surface area (Å²) in [6.45, 7) is 2.17. The van der Waals surface area contributed by atoms with Crippen molar-refractivity contribution in [3.05, 3.63) is 101 Å². The number of rotatable bonds is 10. The number of hydrogen-bond donors (Lipinski definition) is 3. The molecule has 0 spiro atoms. The first-order valence-corrected chi connectivity index (χ1v) is 13.6. The predicted octanol–water partition coefficient (Wildman–Crippen LogP) is 3.26. The van der Waals surface area contributed by atoms with Gasteiger partial charge in [0.25, 0.3) is 0 Å². The third-order valence-electron chi connectivity index (χ3n) is 7.25. The largest absolute Gasteiger partial charge is 0.342 e. The van der Waals surface area contributed by atoms with Gasteiger partial charge in [-0.25, -0.2) is 0 Å². The van der Waals surface area contributed by atoms with Gasteiger partial charge in [0.15, 0.2) is 5.78 Å². The highest BCUT2D eigenvalue weighted by atomic mass is 16.2. The van der Waals surface area contributed by atoms with Crippen molar-refractivity contribution in [1.82, 2.24) is 10.2 Å². The molecule has 1 aliphatic heterocycles. The summed E-state index contributed by atoms with van der Waals surface area (Å²) in [7, 11) is 0. The van der Waals surface area contributed by atoms with E-state index in [4.69, 9.17) is 5.73 Å².